The van der Waals surface area contributed by atoms with Gasteiger partial charge in [-0.05, 0) is 18.9 Å². The van der Waals surface area contributed by atoms with Crippen molar-refractivity contribution in [3.8, 4) is 0 Å². The van der Waals surface area contributed by atoms with Crippen LogP contribution in [0, 0.1) is 15.9 Å². The van der Waals surface area contributed by atoms with Crippen molar-refractivity contribution < 1.29 is 13.7 Å². The van der Waals surface area contributed by atoms with Gasteiger partial charge in [0.2, 0.25) is 5.89 Å². The molecule has 22 heavy (non-hydrogen) atoms. The van der Waals surface area contributed by atoms with Crippen molar-refractivity contribution in [3.05, 3.63) is 40.0 Å². The average molecular weight is 307 g/mol. The van der Waals surface area contributed by atoms with Gasteiger partial charge in [-0.1, -0.05) is 5.10 Å². The first-order valence-electron chi connectivity index (χ1n) is 6.82. The summed E-state index contributed by atoms with van der Waals surface area (Å²) in [7, 11) is 0. The molecule has 1 aliphatic rings. The maximum absolute atomic E-state index is 14.0. The van der Waals surface area contributed by atoms with Crippen molar-refractivity contribution in [1.29, 1.82) is 0 Å². The van der Waals surface area contributed by atoms with E-state index in [0.29, 0.717) is 24.7 Å². The summed E-state index contributed by atoms with van der Waals surface area (Å²) in [5.74, 6) is 0.0122. The van der Waals surface area contributed by atoms with Gasteiger partial charge < -0.3 is 15.1 Å². The van der Waals surface area contributed by atoms with Crippen molar-refractivity contribution >= 4 is 17.4 Å². The van der Waals surface area contributed by atoms with E-state index >= 15 is 0 Å². The van der Waals surface area contributed by atoms with Crippen molar-refractivity contribution in [2.75, 3.05) is 23.7 Å². The topological polar surface area (TPSA) is 111 Å². The quantitative estimate of drug-likeness (QED) is 0.682. The molecule has 3 rings (SSSR count). The second-order valence-electron chi connectivity index (χ2n) is 5.13. The number of halogens is 1. The second kappa shape index (κ2) is 5.58. The molecule has 1 saturated heterocycles. The second-order valence-corrected chi connectivity index (χ2v) is 5.13. The Morgan fingerprint density at radius 3 is 2.64 bits per heavy atom. The summed E-state index contributed by atoms with van der Waals surface area (Å²) < 4.78 is 19.2. The number of nitrogens with zero attached hydrogens (tertiary/aromatic N) is 4. The van der Waals surface area contributed by atoms with E-state index in [0.717, 1.165) is 18.9 Å². The number of non-ortho nitro benzene ring substituents is 1. The van der Waals surface area contributed by atoms with Gasteiger partial charge in [-0.2, -0.15) is 0 Å². The minimum atomic E-state index is -0.612. The Kier molecular flexibility index (Phi) is 3.61. The molecule has 0 radical (unpaired) electrons. The van der Waals surface area contributed by atoms with Crippen LogP contribution in [0.15, 0.2) is 22.6 Å². The normalized spacial score (nSPS) is 16.0. The number of nitrogens with two attached hydrogens (primary N) is 1. The van der Waals surface area contributed by atoms with Gasteiger partial charge in [0.1, 0.15) is 0 Å². The summed E-state index contributed by atoms with van der Waals surface area (Å²) in [6.07, 6.45) is 1.44. The van der Waals surface area contributed by atoms with E-state index in [2.05, 4.69) is 10.2 Å². The summed E-state index contributed by atoms with van der Waals surface area (Å²) in [6, 6.07) is 3.74. The number of hydrogen-bond donors (Lipinski definition) is 1. The van der Waals surface area contributed by atoms with Gasteiger partial charge in [-0.3, -0.25) is 10.1 Å². The zero-order valence-electron chi connectivity index (χ0n) is 11.6. The molecule has 9 heteroatoms. The number of hydrogen-bond acceptors (Lipinski definition) is 7. The summed E-state index contributed by atoms with van der Waals surface area (Å²) in [6.45, 7) is 1.20. The summed E-state index contributed by atoms with van der Waals surface area (Å²) >= 11 is 0. The first-order chi connectivity index (χ1) is 10.5. The van der Waals surface area contributed by atoms with E-state index in [1.165, 1.54) is 12.1 Å². The Balaban J connectivity index is 1.70. The van der Waals surface area contributed by atoms with E-state index in [9.17, 15) is 14.5 Å². The Labute approximate surface area is 124 Å². The molecular formula is C13H14FN5O3. The minimum absolute atomic E-state index is 0.0406. The van der Waals surface area contributed by atoms with Crippen LogP contribution in [0.25, 0.3) is 0 Å². The molecule has 116 valence electrons. The highest BCUT2D eigenvalue weighted by molar-refractivity contribution is 5.52. The molecule has 0 bridgehead atoms. The third-order valence-corrected chi connectivity index (χ3v) is 3.78. The number of rotatable bonds is 3. The Morgan fingerprint density at radius 1 is 1.36 bits per heavy atom. The van der Waals surface area contributed by atoms with Gasteiger partial charge in [-0.25, -0.2) is 4.39 Å². The number of piperidine rings is 1. The fourth-order valence-corrected chi connectivity index (χ4v) is 2.64. The molecule has 1 aromatic heterocycles. The first-order valence-corrected chi connectivity index (χ1v) is 6.82. The van der Waals surface area contributed by atoms with Crippen molar-refractivity contribution in [2.45, 2.75) is 18.8 Å². The lowest BCUT2D eigenvalue weighted by atomic mass is 9.96. The van der Waals surface area contributed by atoms with E-state index in [1.807, 2.05) is 4.90 Å². The van der Waals surface area contributed by atoms with Crippen LogP contribution < -0.4 is 10.6 Å². The van der Waals surface area contributed by atoms with Crippen LogP contribution in [0.4, 0.5) is 21.8 Å². The lowest BCUT2D eigenvalue weighted by molar-refractivity contribution is -0.385. The summed E-state index contributed by atoms with van der Waals surface area (Å²) in [4.78, 5) is 11.9. The van der Waals surface area contributed by atoms with Crippen LogP contribution in [-0.2, 0) is 0 Å². The molecule has 0 spiro atoms. The van der Waals surface area contributed by atoms with Crippen LogP contribution in [-0.4, -0.2) is 28.2 Å². The highest BCUT2D eigenvalue weighted by Crippen LogP contribution is 2.32. The van der Waals surface area contributed by atoms with Crippen molar-refractivity contribution in [3.63, 3.8) is 0 Å². The number of benzene rings is 1. The molecule has 2 N–H and O–H groups in total. The van der Waals surface area contributed by atoms with E-state index in [4.69, 9.17) is 10.2 Å². The number of aromatic nitrogens is 2. The predicted octanol–water partition coefficient (Wildman–Crippen LogP) is 2.08. The zero-order chi connectivity index (χ0) is 15.7. The largest absolute Gasteiger partial charge is 0.408 e. The highest BCUT2D eigenvalue weighted by Gasteiger charge is 2.26. The smallest absolute Gasteiger partial charge is 0.312 e. The van der Waals surface area contributed by atoms with Crippen molar-refractivity contribution in [2.24, 2.45) is 0 Å². The summed E-state index contributed by atoms with van der Waals surface area (Å²) in [5.41, 5.74) is 5.52. The predicted molar refractivity (Wildman–Crippen MR) is 76.0 cm³/mol. The standard InChI is InChI=1S/C13H14FN5O3/c14-10-7-9(19(20)21)1-2-11(10)18-5-3-8(4-6-18)12-16-17-13(15)22-12/h1-2,7-8H,3-6H2,(H2,15,17). The van der Waals surface area contributed by atoms with Crippen LogP contribution >= 0.6 is 0 Å². The van der Waals surface area contributed by atoms with Crippen LogP contribution in [0.5, 0.6) is 0 Å². The van der Waals surface area contributed by atoms with E-state index < -0.39 is 10.7 Å². The van der Waals surface area contributed by atoms with E-state index in [-0.39, 0.29) is 17.6 Å². The lowest BCUT2D eigenvalue weighted by Crippen LogP contribution is -2.33. The zero-order valence-corrected chi connectivity index (χ0v) is 11.6. The lowest BCUT2D eigenvalue weighted by Gasteiger charge is -2.32. The molecule has 0 atom stereocenters. The molecule has 0 unspecified atom stereocenters. The first kappa shape index (κ1) is 14.2. The number of nitrogen functional groups attached to an aromatic ring is 1. The monoisotopic (exact) mass is 307 g/mol. The number of anilines is 2. The summed E-state index contributed by atoms with van der Waals surface area (Å²) in [5, 5.41) is 18.1. The fourth-order valence-electron chi connectivity index (χ4n) is 2.64. The average Bonchev–Trinajstić information content (AvgIpc) is 2.94. The van der Waals surface area contributed by atoms with Gasteiger partial charge in [-0.15, -0.1) is 5.10 Å². The van der Waals surface area contributed by atoms with Crippen LogP contribution in [0.3, 0.4) is 0 Å². The third-order valence-electron chi connectivity index (χ3n) is 3.78. The van der Waals surface area contributed by atoms with E-state index in [1.54, 1.807) is 0 Å². The molecule has 0 amide bonds. The number of nitro benzene ring substituents is 1. The molecule has 1 fully saturated rings. The van der Waals surface area contributed by atoms with Crippen LogP contribution in [0.1, 0.15) is 24.7 Å². The van der Waals surface area contributed by atoms with Gasteiger partial charge >= 0.3 is 6.01 Å². The Hall–Kier alpha value is -2.71. The SMILES string of the molecule is Nc1nnc(C2CCN(c3ccc([N+](=O)[O-])cc3F)CC2)o1. The fraction of sp³-hybridized carbons (Fsp3) is 0.385. The minimum Gasteiger partial charge on any atom is -0.408 e. The third kappa shape index (κ3) is 2.69. The van der Waals surface area contributed by atoms with Crippen LogP contribution in [0.2, 0.25) is 0 Å². The van der Waals surface area contributed by atoms with Gasteiger partial charge in [0.05, 0.1) is 16.7 Å². The van der Waals surface area contributed by atoms with Gasteiger partial charge in [0.25, 0.3) is 5.69 Å². The highest BCUT2D eigenvalue weighted by atomic mass is 19.1. The van der Waals surface area contributed by atoms with Gasteiger partial charge in [0.15, 0.2) is 5.82 Å². The Bertz CT molecular complexity index is 697. The molecule has 1 aliphatic heterocycles. The molecule has 2 aromatic rings. The molecule has 1 aromatic carbocycles. The maximum atomic E-state index is 14.0. The van der Waals surface area contributed by atoms with Crippen molar-refractivity contribution in [1.82, 2.24) is 10.2 Å². The maximum Gasteiger partial charge on any atom is 0.312 e. The molecule has 2 heterocycles. The molecule has 0 aliphatic carbocycles. The molecular weight excluding hydrogens is 293 g/mol. The number of nitro groups is 1. The molecule has 8 nitrogen and oxygen atoms in total. The Morgan fingerprint density at radius 2 is 2.09 bits per heavy atom. The van der Waals surface area contributed by atoms with Gasteiger partial charge in [0, 0.05) is 25.1 Å². The molecule has 0 saturated carbocycles.